The number of aromatic nitrogens is 2. The smallest absolute Gasteiger partial charge is 0.251 e. The highest BCUT2D eigenvalue weighted by atomic mass is 32.2. The van der Waals surface area contributed by atoms with Gasteiger partial charge in [0, 0.05) is 30.0 Å². The van der Waals surface area contributed by atoms with Crippen molar-refractivity contribution in [1.29, 1.82) is 0 Å². The van der Waals surface area contributed by atoms with Gasteiger partial charge in [0.1, 0.15) is 0 Å². The molecule has 1 saturated carbocycles. The van der Waals surface area contributed by atoms with E-state index in [0.29, 0.717) is 12.1 Å². The van der Waals surface area contributed by atoms with Crippen molar-refractivity contribution < 1.29 is 13.2 Å². The summed E-state index contributed by atoms with van der Waals surface area (Å²) >= 11 is 0. The lowest BCUT2D eigenvalue weighted by Crippen LogP contribution is -2.39. The SMILES string of the molecule is C[C@@H](Cn1cccn1)NS(=O)(=O)c1cccc(C(=O)NC2CCC2)c1. The van der Waals surface area contributed by atoms with Crippen molar-refractivity contribution in [2.75, 3.05) is 0 Å². The van der Waals surface area contributed by atoms with E-state index in [-0.39, 0.29) is 22.9 Å². The first kappa shape index (κ1) is 17.6. The van der Waals surface area contributed by atoms with E-state index in [4.69, 9.17) is 0 Å². The molecule has 1 heterocycles. The molecule has 0 aliphatic heterocycles. The van der Waals surface area contributed by atoms with Gasteiger partial charge in [0.2, 0.25) is 10.0 Å². The van der Waals surface area contributed by atoms with E-state index < -0.39 is 10.0 Å². The normalized spacial score (nSPS) is 16.2. The summed E-state index contributed by atoms with van der Waals surface area (Å²) in [5.74, 6) is -0.230. The molecule has 0 radical (unpaired) electrons. The Morgan fingerprint density at radius 2 is 2.16 bits per heavy atom. The molecule has 2 aromatic rings. The van der Waals surface area contributed by atoms with Crippen LogP contribution < -0.4 is 10.0 Å². The zero-order chi connectivity index (χ0) is 17.9. The molecule has 1 amide bonds. The van der Waals surface area contributed by atoms with Crippen molar-refractivity contribution >= 4 is 15.9 Å². The Balaban J connectivity index is 1.68. The Morgan fingerprint density at radius 3 is 2.80 bits per heavy atom. The Bertz CT molecular complexity index is 829. The van der Waals surface area contributed by atoms with Crippen LogP contribution in [-0.4, -0.2) is 36.2 Å². The van der Waals surface area contributed by atoms with Crippen LogP contribution in [0.15, 0.2) is 47.6 Å². The van der Waals surface area contributed by atoms with Crippen LogP contribution in [-0.2, 0) is 16.6 Å². The first-order valence-electron chi connectivity index (χ1n) is 8.35. The molecule has 0 bridgehead atoms. The van der Waals surface area contributed by atoms with Gasteiger partial charge in [-0.2, -0.15) is 5.10 Å². The number of carbonyl (C=O) groups excluding carboxylic acids is 1. The lowest BCUT2D eigenvalue weighted by Gasteiger charge is -2.26. The number of sulfonamides is 1. The second kappa shape index (κ2) is 7.37. The predicted octanol–water partition coefficient (Wildman–Crippen LogP) is 1.53. The van der Waals surface area contributed by atoms with E-state index in [9.17, 15) is 13.2 Å². The fourth-order valence-corrected chi connectivity index (χ4v) is 3.97. The molecular formula is C17H22N4O3S. The van der Waals surface area contributed by atoms with Crippen LogP contribution in [0.2, 0.25) is 0 Å². The number of hydrogen-bond donors (Lipinski definition) is 2. The lowest BCUT2D eigenvalue weighted by molar-refractivity contribution is 0.0916. The maximum Gasteiger partial charge on any atom is 0.251 e. The second-order valence-electron chi connectivity index (χ2n) is 6.38. The number of nitrogens with zero attached hydrogens (tertiary/aromatic N) is 2. The summed E-state index contributed by atoms with van der Waals surface area (Å²) in [6.07, 6.45) is 6.51. The van der Waals surface area contributed by atoms with Crippen LogP contribution in [0.25, 0.3) is 0 Å². The second-order valence-corrected chi connectivity index (χ2v) is 8.09. The summed E-state index contributed by atoms with van der Waals surface area (Å²) in [5.41, 5.74) is 0.356. The number of rotatable bonds is 7. The standard InChI is InChI=1S/C17H22N4O3S/c1-13(12-21-10-4-9-18-21)20-25(23,24)16-8-2-5-14(11-16)17(22)19-15-6-3-7-15/h2,4-5,8-11,13,15,20H,3,6-7,12H2,1H3,(H,19,22)/t13-/m0/s1. The van der Waals surface area contributed by atoms with Gasteiger partial charge in [0.15, 0.2) is 0 Å². The lowest BCUT2D eigenvalue weighted by atomic mass is 9.93. The van der Waals surface area contributed by atoms with Crippen LogP contribution in [0.1, 0.15) is 36.5 Å². The molecule has 0 unspecified atom stereocenters. The predicted molar refractivity (Wildman–Crippen MR) is 93.6 cm³/mol. The number of nitrogens with one attached hydrogen (secondary N) is 2. The van der Waals surface area contributed by atoms with Gasteiger partial charge in [0.05, 0.1) is 11.4 Å². The quantitative estimate of drug-likeness (QED) is 0.781. The van der Waals surface area contributed by atoms with Crippen molar-refractivity contribution in [3.05, 3.63) is 48.3 Å². The van der Waals surface area contributed by atoms with Crippen molar-refractivity contribution in [3.8, 4) is 0 Å². The molecule has 1 aliphatic rings. The minimum Gasteiger partial charge on any atom is -0.349 e. The van der Waals surface area contributed by atoms with Crippen LogP contribution in [0.3, 0.4) is 0 Å². The van der Waals surface area contributed by atoms with Gasteiger partial charge in [-0.3, -0.25) is 9.48 Å². The van der Waals surface area contributed by atoms with E-state index in [1.165, 1.54) is 12.1 Å². The summed E-state index contributed by atoms with van der Waals surface area (Å²) < 4.78 is 29.4. The molecule has 1 aromatic carbocycles. The Morgan fingerprint density at radius 1 is 1.36 bits per heavy atom. The third kappa shape index (κ3) is 4.46. The zero-order valence-electron chi connectivity index (χ0n) is 14.1. The summed E-state index contributed by atoms with van der Waals surface area (Å²) in [6, 6.07) is 7.77. The molecule has 2 N–H and O–H groups in total. The van der Waals surface area contributed by atoms with Gasteiger partial charge in [-0.15, -0.1) is 0 Å². The highest BCUT2D eigenvalue weighted by Crippen LogP contribution is 2.19. The van der Waals surface area contributed by atoms with Gasteiger partial charge in [-0.25, -0.2) is 13.1 Å². The van der Waals surface area contributed by atoms with Crippen LogP contribution in [0.5, 0.6) is 0 Å². The first-order valence-corrected chi connectivity index (χ1v) is 9.83. The van der Waals surface area contributed by atoms with Gasteiger partial charge in [-0.1, -0.05) is 6.07 Å². The van der Waals surface area contributed by atoms with Crippen LogP contribution in [0, 0.1) is 0 Å². The summed E-state index contributed by atoms with van der Waals surface area (Å²) in [6.45, 7) is 2.19. The first-order chi connectivity index (χ1) is 11.9. The minimum absolute atomic E-state index is 0.0843. The Hall–Kier alpha value is -2.19. The maximum absolute atomic E-state index is 12.6. The Kier molecular flexibility index (Phi) is 5.19. The monoisotopic (exact) mass is 362 g/mol. The highest BCUT2D eigenvalue weighted by molar-refractivity contribution is 7.89. The van der Waals surface area contributed by atoms with Gasteiger partial charge in [0.25, 0.3) is 5.91 Å². The van der Waals surface area contributed by atoms with E-state index in [0.717, 1.165) is 19.3 Å². The average molecular weight is 362 g/mol. The molecular weight excluding hydrogens is 340 g/mol. The van der Waals surface area contributed by atoms with Crippen LogP contribution in [0.4, 0.5) is 0 Å². The number of benzene rings is 1. The highest BCUT2D eigenvalue weighted by Gasteiger charge is 2.22. The molecule has 8 heteroatoms. The molecule has 25 heavy (non-hydrogen) atoms. The number of amides is 1. The van der Waals surface area contributed by atoms with E-state index in [1.54, 1.807) is 42.2 Å². The zero-order valence-corrected chi connectivity index (χ0v) is 14.9. The molecule has 1 aromatic heterocycles. The fourth-order valence-electron chi connectivity index (χ4n) is 2.69. The van der Waals surface area contributed by atoms with Crippen molar-refractivity contribution in [3.63, 3.8) is 0 Å². The Labute approximate surface area is 147 Å². The van der Waals surface area contributed by atoms with Gasteiger partial charge >= 0.3 is 0 Å². The molecule has 0 saturated heterocycles. The van der Waals surface area contributed by atoms with E-state index in [1.807, 2.05) is 0 Å². The number of hydrogen-bond acceptors (Lipinski definition) is 4. The topological polar surface area (TPSA) is 93.1 Å². The molecule has 7 nitrogen and oxygen atoms in total. The molecule has 3 rings (SSSR count). The summed E-state index contributed by atoms with van der Waals surface area (Å²) in [5, 5.41) is 6.98. The average Bonchev–Trinajstić information content (AvgIpc) is 3.03. The molecule has 1 atom stereocenters. The van der Waals surface area contributed by atoms with Crippen molar-refractivity contribution in [2.45, 2.75) is 49.7 Å². The fraction of sp³-hybridized carbons (Fsp3) is 0.412. The number of carbonyl (C=O) groups is 1. The molecule has 0 spiro atoms. The largest absolute Gasteiger partial charge is 0.349 e. The summed E-state index contributed by atoms with van der Waals surface area (Å²) in [7, 11) is -3.71. The van der Waals surface area contributed by atoms with E-state index >= 15 is 0 Å². The van der Waals surface area contributed by atoms with Crippen molar-refractivity contribution in [1.82, 2.24) is 19.8 Å². The maximum atomic E-state index is 12.6. The molecule has 1 aliphatic carbocycles. The third-order valence-corrected chi connectivity index (χ3v) is 5.81. The summed E-state index contributed by atoms with van der Waals surface area (Å²) in [4.78, 5) is 12.3. The van der Waals surface area contributed by atoms with Crippen LogP contribution >= 0.6 is 0 Å². The minimum atomic E-state index is -3.71. The molecule has 134 valence electrons. The van der Waals surface area contributed by atoms with Gasteiger partial charge < -0.3 is 5.32 Å². The van der Waals surface area contributed by atoms with Crippen molar-refractivity contribution in [2.24, 2.45) is 0 Å². The third-order valence-electron chi connectivity index (χ3n) is 4.22. The molecule has 1 fully saturated rings. The van der Waals surface area contributed by atoms with E-state index in [2.05, 4.69) is 15.1 Å². The van der Waals surface area contributed by atoms with Gasteiger partial charge in [-0.05, 0) is 50.5 Å².